The van der Waals surface area contributed by atoms with Crippen LogP contribution < -0.4 is 5.32 Å². The Hall–Kier alpha value is -2.44. The molecule has 2 aromatic rings. The molecule has 2 atom stereocenters. The number of carbonyl (C=O) groups excluding carboxylic acids is 2. The SMILES string of the molecule is Cc1ccc2[nH]c(C(=O)N[C@H](C)C(=O)N3CC[C@@]4(C3)CC4(F)F)cc2c1. The summed E-state index contributed by atoms with van der Waals surface area (Å²) in [6.45, 7) is 3.95. The number of aromatic nitrogens is 1. The molecule has 2 amide bonds. The van der Waals surface area contributed by atoms with Crippen LogP contribution in [0.3, 0.4) is 0 Å². The zero-order valence-corrected chi connectivity index (χ0v) is 14.7. The van der Waals surface area contributed by atoms with Gasteiger partial charge >= 0.3 is 0 Å². The first-order valence-electron chi connectivity index (χ1n) is 8.78. The number of alkyl halides is 2. The van der Waals surface area contributed by atoms with Crippen molar-refractivity contribution in [3.05, 3.63) is 35.5 Å². The van der Waals surface area contributed by atoms with Gasteiger partial charge in [-0.1, -0.05) is 11.6 Å². The number of hydrogen-bond acceptors (Lipinski definition) is 2. The Bertz CT molecular complexity index is 907. The standard InChI is InChI=1S/C19H21F2N3O2/c1-11-3-4-14-13(7-11)8-15(23-14)16(25)22-12(2)17(26)24-6-5-18(10-24)9-19(18,20)21/h3-4,7-8,12,23H,5-6,9-10H2,1-2H3,(H,22,25)/t12-,18+/m1/s1. The van der Waals surface area contributed by atoms with E-state index in [1.165, 1.54) is 4.90 Å². The quantitative estimate of drug-likeness (QED) is 0.883. The minimum Gasteiger partial charge on any atom is -0.351 e. The summed E-state index contributed by atoms with van der Waals surface area (Å²) in [6, 6.07) is 6.79. The molecular weight excluding hydrogens is 340 g/mol. The summed E-state index contributed by atoms with van der Waals surface area (Å²) in [5.41, 5.74) is 1.28. The molecule has 2 heterocycles. The summed E-state index contributed by atoms with van der Waals surface area (Å²) in [6.07, 6.45) is 0.187. The van der Waals surface area contributed by atoms with Crippen LogP contribution in [0.4, 0.5) is 8.78 Å². The predicted molar refractivity (Wildman–Crippen MR) is 93.2 cm³/mol. The van der Waals surface area contributed by atoms with Crippen LogP contribution in [0.2, 0.25) is 0 Å². The molecule has 1 aliphatic carbocycles. The fraction of sp³-hybridized carbons (Fsp3) is 0.474. The van der Waals surface area contributed by atoms with E-state index in [4.69, 9.17) is 0 Å². The van der Waals surface area contributed by atoms with Gasteiger partial charge in [0.2, 0.25) is 5.91 Å². The fourth-order valence-corrected chi connectivity index (χ4v) is 3.87. The van der Waals surface area contributed by atoms with Gasteiger partial charge in [0.15, 0.2) is 0 Å². The molecule has 26 heavy (non-hydrogen) atoms. The molecule has 1 aromatic heterocycles. The molecule has 138 valence electrons. The van der Waals surface area contributed by atoms with Crippen molar-refractivity contribution in [2.75, 3.05) is 13.1 Å². The Morgan fingerprint density at radius 2 is 2.04 bits per heavy atom. The molecule has 1 saturated heterocycles. The van der Waals surface area contributed by atoms with Crippen molar-refractivity contribution >= 4 is 22.7 Å². The number of halogens is 2. The van der Waals surface area contributed by atoms with E-state index in [-0.39, 0.29) is 24.8 Å². The number of hydrogen-bond donors (Lipinski definition) is 2. The maximum atomic E-state index is 13.5. The maximum absolute atomic E-state index is 13.5. The van der Waals surface area contributed by atoms with Crippen molar-refractivity contribution in [3.63, 3.8) is 0 Å². The fourth-order valence-electron chi connectivity index (χ4n) is 3.87. The van der Waals surface area contributed by atoms with Gasteiger partial charge in [-0.3, -0.25) is 9.59 Å². The molecule has 5 nitrogen and oxygen atoms in total. The molecule has 2 N–H and O–H groups in total. The topological polar surface area (TPSA) is 65.2 Å². The Balaban J connectivity index is 1.41. The first-order chi connectivity index (χ1) is 12.2. The van der Waals surface area contributed by atoms with Crippen molar-refractivity contribution in [3.8, 4) is 0 Å². The van der Waals surface area contributed by atoms with Gasteiger partial charge in [0.25, 0.3) is 11.8 Å². The van der Waals surface area contributed by atoms with Crippen LogP contribution in [-0.4, -0.2) is 46.8 Å². The van der Waals surface area contributed by atoms with Crippen LogP contribution in [0, 0.1) is 12.3 Å². The number of amides is 2. The number of rotatable bonds is 3. The first-order valence-corrected chi connectivity index (χ1v) is 8.78. The smallest absolute Gasteiger partial charge is 0.268 e. The molecule has 1 aromatic carbocycles. The summed E-state index contributed by atoms with van der Waals surface area (Å²) in [5, 5.41) is 3.59. The number of aryl methyl sites for hydroxylation is 1. The van der Waals surface area contributed by atoms with E-state index in [0.29, 0.717) is 18.7 Å². The lowest BCUT2D eigenvalue weighted by Crippen LogP contribution is -2.46. The van der Waals surface area contributed by atoms with E-state index >= 15 is 0 Å². The van der Waals surface area contributed by atoms with E-state index in [1.54, 1.807) is 13.0 Å². The summed E-state index contributed by atoms with van der Waals surface area (Å²) < 4.78 is 27.0. The van der Waals surface area contributed by atoms with Crippen LogP contribution >= 0.6 is 0 Å². The molecule has 0 unspecified atom stereocenters. The van der Waals surface area contributed by atoms with Crippen molar-refractivity contribution in [1.82, 2.24) is 15.2 Å². The summed E-state index contributed by atoms with van der Waals surface area (Å²) in [7, 11) is 0. The van der Waals surface area contributed by atoms with Crippen LogP contribution in [-0.2, 0) is 4.79 Å². The highest BCUT2D eigenvalue weighted by molar-refractivity contribution is 6.00. The molecule has 1 spiro atoms. The first kappa shape index (κ1) is 17.0. The van der Waals surface area contributed by atoms with Gasteiger partial charge in [-0.05, 0) is 38.5 Å². The molecule has 1 aliphatic heterocycles. The van der Waals surface area contributed by atoms with E-state index in [9.17, 15) is 18.4 Å². The summed E-state index contributed by atoms with van der Waals surface area (Å²) in [5.74, 6) is -3.35. The lowest BCUT2D eigenvalue weighted by atomic mass is 10.1. The van der Waals surface area contributed by atoms with Crippen LogP contribution in [0.15, 0.2) is 24.3 Å². The van der Waals surface area contributed by atoms with Gasteiger partial charge in [0.05, 0.1) is 5.41 Å². The molecule has 7 heteroatoms. The molecule has 4 rings (SSSR count). The number of H-pyrrole nitrogens is 1. The zero-order chi connectivity index (χ0) is 18.7. The van der Waals surface area contributed by atoms with Crippen molar-refractivity contribution in [1.29, 1.82) is 0 Å². The number of fused-ring (bicyclic) bond motifs is 1. The lowest BCUT2D eigenvalue weighted by Gasteiger charge is -2.21. The normalized spacial score (nSPS) is 24.8. The zero-order valence-electron chi connectivity index (χ0n) is 14.7. The van der Waals surface area contributed by atoms with Gasteiger partial charge in [-0.2, -0.15) is 0 Å². The van der Waals surface area contributed by atoms with Crippen molar-refractivity contribution < 1.29 is 18.4 Å². The number of benzene rings is 1. The Kier molecular flexibility index (Phi) is 3.61. The largest absolute Gasteiger partial charge is 0.351 e. The number of nitrogens with zero attached hydrogens (tertiary/aromatic N) is 1. The lowest BCUT2D eigenvalue weighted by molar-refractivity contribution is -0.132. The second kappa shape index (κ2) is 5.53. The average molecular weight is 361 g/mol. The molecule has 2 aliphatic rings. The van der Waals surface area contributed by atoms with E-state index < -0.39 is 17.4 Å². The molecular formula is C19H21F2N3O2. The van der Waals surface area contributed by atoms with E-state index in [0.717, 1.165) is 16.5 Å². The van der Waals surface area contributed by atoms with Gasteiger partial charge in [0, 0.05) is 30.4 Å². The monoisotopic (exact) mass is 361 g/mol. The van der Waals surface area contributed by atoms with Crippen LogP contribution in [0.25, 0.3) is 10.9 Å². The van der Waals surface area contributed by atoms with E-state index in [1.807, 2.05) is 25.1 Å². The highest BCUT2D eigenvalue weighted by Gasteiger charge is 2.73. The summed E-state index contributed by atoms with van der Waals surface area (Å²) in [4.78, 5) is 29.4. The predicted octanol–water partition coefficient (Wildman–Crippen LogP) is 2.85. The number of carbonyl (C=O) groups is 2. The molecule has 0 radical (unpaired) electrons. The van der Waals surface area contributed by atoms with E-state index in [2.05, 4.69) is 10.3 Å². The van der Waals surface area contributed by atoms with Gasteiger partial charge in [-0.25, -0.2) is 8.78 Å². The molecule has 0 bridgehead atoms. The third kappa shape index (κ3) is 2.66. The highest BCUT2D eigenvalue weighted by atomic mass is 19.3. The molecule has 1 saturated carbocycles. The Labute approximate surface area is 149 Å². The van der Waals surface area contributed by atoms with Crippen molar-refractivity contribution in [2.24, 2.45) is 5.41 Å². The highest BCUT2D eigenvalue weighted by Crippen LogP contribution is 2.65. The van der Waals surface area contributed by atoms with Crippen LogP contribution in [0.1, 0.15) is 35.8 Å². The van der Waals surface area contributed by atoms with Gasteiger partial charge in [-0.15, -0.1) is 0 Å². The van der Waals surface area contributed by atoms with Gasteiger partial charge in [0.1, 0.15) is 11.7 Å². The third-order valence-corrected chi connectivity index (χ3v) is 5.62. The average Bonchev–Trinajstić information content (AvgIpc) is 2.96. The maximum Gasteiger partial charge on any atom is 0.268 e. The second-order valence-corrected chi connectivity index (χ2v) is 7.64. The third-order valence-electron chi connectivity index (χ3n) is 5.62. The number of nitrogens with one attached hydrogen (secondary N) is 2. The number of likely N-dealkylation sites (tertiary alicyclic amines) is 1. The Morgan fingerprint density at radius 1 is 1.31 bits per heavy atom. The Morgan fingerprint density at radius 3 is 2.69 bits per heavy atom. The minimum atomic E-state index is -2.66. The summed E-state index contributed by atoms with van der Waals surface area (Å²) >= 11 is 0. The van der Waals surface area contributed by atoms with Crippen molar-refractivity contribution in [2.45, 2.75) is 38.7 Å². The molecule has 2 fully saturated rings. The second-order valence-electron chi connectivity index (χ2n) is 7.64. The van der Waals surface area contributed by atoms with Crippen LogP contribution in [0.5, 0.6) is 0 Å². The number of aromatic amines is 1. The van der Waals surface area contributed by atoms with Gasteiger partial charge < -0.3 is 15.2 Å². The minimum absolute atomic E-state index is 0.0741.